The van der Waals surface area contributed by atoms with Gasteiger partial charge in [-0.05, 0) is 99.8 Å². The van der Waals surface area contributed by atoms with Crippen molar-refractivity contribution >= 4 is 11.5 Å². The lowest BCUT2D eigenvalue weighted by atomic mass is 9.52. The average Bonchev–Trinajstić information content (AvgIpc) is 3.06. The number of carbonyl (C=O) groups excluding carboxylic acids is 1. The molecule has 0 spiro atoms. The van der Waals surface area contributed by atoms with Gasteiger partial charge >= 0.3 is 0 Å². The summed E-state index contributed by atoms with van der Waals surface area (Å²) in [5, 5.41) is 12.0. The first kappa shape index (κ1) is 26.9. The Balaban J connectivity index is 1.43. The number of hydrogen-bond donors (Lipinski definition) is 1. The number of rotatable bonds is 3. The molecule has 208 valence electrons. The zero-order valence-corrected chi connectivity index (χ0v) is 24.4. The minimum atomic E-state index is -0.926. The van der Waals surface area contributed by atoms with Gasteiger partial charge in [0.1, 0.15) is 11.4 Å². The van der Waals surface area contributed by atoms with Crippen LogP contribution < -0.4 is 4.90 Å². The quantitative estimate of drug-likeness (QED) is 0.408. The number of aliphatic hydroxyl groups is 1. The van der Waals surface area contributed by atoms with Crippen molar-refractivity contribution in [3.63, 3.8) is 0 Å². The molecule has 1 aromatic carbocycles. The molecule has 5 unspecified atom stereocenters. The molecule has 39 heavy (non-hydrogen) atoms. The lowest BCUT2D eigenvalue weighted by Gasteiger charge is -2.52. The largest absolute Gasteiger partial charge is 0.377 e. The van der Waals surface area contributed by atoms with Crippen molar-refractivity contribution in [1.82, 2.24) is 0 Å². The number of hydrogen-bond acceptors (Lipinski definition) is 3. The number of benzene rings is 1. The third kappa shape index (κ3) is 4.72. The molecule has 6 rings (SSSR count). The number of nitrogens with zero attached hydrogens (tertiary/aromatic N) is 1. The molecule has 2 bridgehead atoms. The first-order valence-electron chi connectivity index (χ1n) is 15.8. The smallest absolute Gasteiger partial charge is 0.137 e. The van der Waals surface area contributed by atoms with Crippen LogP contribution in [0.5, 0.6) is 0 Å². The van der Waals surface area contributed by atoms with Crippen molar-refractivity contribution in [2.24, 2.45) is 17.3 Å². The summed E-state index contributed by atoms with van der Waals surface area (Å²) >= 11 is 0. The van der Waals surface area contributed by atoms with Gasteiger partial charge in [0, 0.05) is 43.0 Å². The van der Waals surface area contributed by atoms with Crippen LogP contribution in [0, 0.1) is 29.1 Å². The number of carbonyl (C=O) groups is 1. The van der Waals surface area contributed by atoms with Crippen LogP contribution in [0.4, 0.5) is 5.69 Å². The molecule has 3 saturated carbocycles. The lowest BCUT2D eigenvalue weighted by Crippen LogP contribution is -2.50. The maximum Gasteiger partial charge on any atom is 0.137 e. The first-order chi connectivity index (χ1) is 18.8. The number of allylic oxidation sites excluding steroid dienone is 4. The Bertz CT molecular complexity index is 1220. The van der Waals surface area contributed by atoms with Crippen LogP contribution >= 0.6 is 0 Å². The van der Waals surface area contributed by atoms with Crippen LogP contribution in [-0.2, 0) is 4.79 Å². The molecular weight excluding hydrogens is 478 g/mol. The van der Waals surface area contributed by atoms with Gasteiger partial charge in [-0.15, -0.1) is 5.92 Å². The first-order valence-corrected chi connectivity index (χ1v) is 15.8. The second kappa shape index (κ2) is 10.6. The van der Waals surface area contributed by atoms with Gasteiger partial charge in [0.2, 0.25) is 0 Å². The summed E-state index contributed by atoms with van der Waals surface area (Å²) in [5.41, 5.74) is 5.89. The minimum absolute atomic E-state index is 0.237. The van der Waals surface area contributed by atoms with E-state index in [2.05, 4.69) is 61.1 Å². The molecule has 5 aliphatic carbocycles. The molecule has 0 heterocycles. The molecule has 5 atom stereocenters. The van der Waals surface area contributed by atoms with E-state index in [9.17, 15) is 9.90 Å². The fourth-order valence-electron chi connectivity index (χ4n) is 9.32. The second-order valence-electron chi connectivity index (χ2n) is 13.5. The van der Waals surface area contributed by atoms with Crippen molar-refractivity contribution in [3.05, 3.63) is 52.6 Å². The molecule has 1 aromatic rings. The Morgan fingerprint density at radius 3 is 2.49 bits per heavy atom. The van der Waals surface area contributed by atoms with Gasteiger partial charge in [-0.2, -0.15) is 0 Å². The van der Waals surface area contributed by atoms with E-state index >= 15 is 0 Å². The molecule has 3 heteroatoms. The van der Waals surface area contributed by atoms with Gasteiger partial charge in [0.25, 0.3) is 0 Å². The average molecular weight is 526 g/mol. The molecule has 0 aliphatic heterocycles. The van der Waals surface area contributed by atoms with E-state index in [4.69, 9.17) is 0 Å². The highest BCUT2D eigenvalue weighted by Gasteiger charge is 2.62. The maximum atomic E-state index is 12.7. The van der Waals surface area contributed by atoms with Crippen LogP contribution in [0.25, 0.3) is 0 Å². The predicted molar refractivity (Wildman–Crippen MR) is 160 cm³/mol. The predicted octanol–water partition coefficient (Wildman–Crippen LogP) is 7.89. The van der Waals surface area contributed by atoms with Crippen molar-refractivity contribution in [3.8, 4) is 11.8 Å². The van der Waals surface area contributed by atoms with Gasteiger partial charge in [0.15, 0.2) is 0 Å². The highest BCUT2D eigenvalue weighted by Crippen LogP contribution is 2.65. The van der Waals surface area contributed by atoms with E-state index < -0.39 is 5.60 Å². The van der Waals surface area contributed by atoms with E-state index in [0.29, 0.717) is 36.5 Å². The molecule has 0 amide bonds. The zero-order valence-electron chi connectivity index (χ0n) is 24.4. The Hall–Kier alpha value is -2.31. The molecular formula is C36H47NO2. The summed E-state index contributed by atoms with van der Waals surface area (Å²) in [6.07, 6.45) is 17.3. The van der Waals surface area contributed by atoms with E-state index in [1.807, 2.05) is 6.92 Å². The highest BCUT2D eigenvalue weighted by molar-refractivity contribution is 5.82. The van der Waals surface area contributed by atoms with Crippen LogP contribution in [-0.4, -0.2) is 29.6 Å². The maximum absolute atomic E-state index is 12.7. The van der Waals surface area contributed by atoms with E-state index in [1.54, 1.807) is 5.57 Å². The third-order valence-corrected chi connectivity index (χ3v) is 11.5. The van der Waals surface area contributed by atoms with Crippen molar-refractivity contribution in [1.29, 1.82) is 0 Å². The summed E-state index contributed by atoms with van der Waals surface area (Å²) in [7, 11) is 2.27. The van der Waals surface area contributed by atoms with Gasteiger partial charge in [-0.25, -0.2) is 0 Å². The second-order valence-corrected chi connectivity index (χ2v) is 13.5. The Morgan fingerprint density at radius 1 is 0.974 bits per heavy atom. The van der Waals surface area contributed by atoms with Crippen LogP contribution in [0.2, 0.25) is 0 Å². The third-order valence-electron chi connectivity index (χ3n) is 11.5. The molecule has 1 N–H and O–H groups in total. The SMILES string of the molecule is CC#CC1(O)CCC2C3CCCC4=C/C(=C\3C(c3ccc(N(C)C5CCCCC5)cc3)CC21C)CCC(=O)C4. The fraction of sp³-hybridized carbons (Fsp3) is 0.639. The number of anilines is 1. The summed E-state index contributed by atoms with van der Waals surface area (Å²) in [6, 6.07) is 10.1. The van der Waals surface area contributed by atoms with Gasteiger partial charge in [-0.3, -0.25) is 4.79 Å². The Kier molecular flexibility index (Phi) is 7.30. The van der Waals surface area contributed by atoms with Crippen LogP contribution in [0.15, 0.2) is 47.1 Å². The van der Waals surface area contributed by atoms with Crippen LogP contribution in [0.3, 0.4) is 0 Å². The molecule has 0 saturated heterocycles. The monoisotopic (exact) mass is 525 g/mol. The summed E-state index contributed by atoms with van der Waals surface area (Å²) in [6.45, 7) is 4.21. The van der Waals surface area contributed by atoms with E-state index in [1.165, 1.54) is 54.5 Å². The summed E-state index contributed by atoms with van der Waals surface area (Å²) in [5.74, 6) is 7.94. The zero-order chi connectivity index (χ0) is 27.2. The molecule has 5 aliphatic rings. The fourth-order valence-corrected chi connectivity index (χ4v) is 9.32. The standard InChI is InChI=1S/C36H47NO2/c1-4-20-36(39)21-19-33-31-12-8-9-25-22-27(15-18-30(38)23-25)34(31)32(24-35(33,36)2)26-13-16-29(17-14-26)37(3)28-10-6-5-7-11-28/h13-14,16-17,22,28,31-33,39H,5-12,15,18-19,21,23-24H2,1-3H3/b34-27+. The topological polar surface area (TPSA) is 40.5 Å². The number of fused-ring (bicyclic) bond motifs is 4. The van der Waals surface area contributed by atoms with Gasteiger partial charge in [0.05, 0.1) is 0 Å². The number of ketones is 1. The Morgan fingerprint density at radius 2 is 1.74 bits per heavy atom. The van der Waals surface area contributed by atoms with Crippen molar-refractivity contribution in [2.45, 2.75) is 121 Å². The molecule has 3 fully saturated rings. The van der Waals surface area contributed by atoms with E-state index in [0.717, 1.165) is 44.9 Å². The van der Waals surface area contributed by atoms with E-state index in [-0.39, 0.29) is 11.3 Å². The molecule has 0 aromatic heterocycles. The summed E-state index contributed by atoms with van der Waals surface area (Å²) < 4.78 is 0. The van der Waals surface area contributed by atoms with Gasteiger partial charge < -0.3 is 10.0 Å². The minimum Gasteiger partial charge on any atom is -0.377 e. The normalized spacial score (nSPS) is 36.9. The lowest BCUT2D eigenvalue weighted by molar-refractivity contribution is -0.118. The van der Waals surface area contributed by atoms with Crippen molar-refractivity contribution < 1.29 is 9.90 Å². The number of Topliss-reactive ketones (excluding diaryl/α,β-unsaturated/α-hetero) is 1. The molecule has 3 nitrogen and oxygen atoms in total. The summed E-state index contributed by atoms with van der Waals surface area (Å²) in [4.78, 5) is 15.2. The van der Waals surface area contributed by atoms with Crippen molar-refractivity contribution in [2.75, 3.05) is 11.9 Å². The van der Waals surface area contributed by atoms with Gasteiger partial charge in [-0.1, -0.05) is 61.5 Å². The highest BCUT2D eigenvalue weighted by atomic mass is 16.3. The molecule has 0 radical (unpaired) electrons. The Labute approximate surface area is 236 Å². The van der Waals surface area contributed by atoms with Crippen LogP contribution in [0.1, 0.15) is 115 Å².